The Morgan fingerprint density at radius 1 is 0.966 bits per heavy atom. The highest BCUT2D eigenvalue weighted by Crippen LogP contribution is 2.35. The lowest BCUT2D eigenvalue weighted by atomic mass is 9.86. The summed E-state index contributed by atoms with van der Waals surface area (Å²) in [6.45, 7) is 0. The first-order valence-corrected chi connectivity index (χ1v) is 9.56. The van der Waals surface area contributed by atoms with Gasteiger partial charge in [-0.2, -0.15) is 0 Å². The van der Waals surface area contributed by atoms with Crippen LogP contribution in [0.3, 0.4) is 0 Å². The molecule has 0 amide bonds. The first kappa shape index (κ1) is 19.3. The normalized spacial score (nSPS) is 14.8. The molecule has 0 bridgehead atoms. The van der Waals surface area contributed by atoms with Crippen LogP contribution < -0.4 is 14.2 Å². The molecule has 5 nitrogen and oxygen atoms in total. The molecule has 1 aromatic heterocycles. The van der Waals surface area contributed by atoms with E-state index in [1.807, 2.05) is 30.3 Å². The number of carbonyl (C=O) groups excluding carboxylic acids is 1. The number of ketones is 1. The highest BCUT2D eigenvalue weighted by atomic mass is 35.5. The molecule has 0 aliphatic heterocycles. The van der Waals surface area contributed by atoms with Gasteiger partial charge in [-0.1, -0.05) is 17.7 Å². The van der Waals surface area contributed by atoms with Crippen LogP contribution in [0.15, 0.2) is 42.0 Å². The predicted molar refractivity (Wildman–Crippen MR) is 113 cm³/mol. The molecule has 0 fully saturated rings. The van der Waals surface area contributed by atoms with Gasteiger partial charge in [-0.25, -0.2) is 4.98 Å². The van der Waals surface area contributed by atoms with E-state index in [4.69, 9.17) is 25.8 Å². The van der Waals surface area contributed by atoms with Gasteiger partial charge in [0.25, 0.3) is 0 Å². The van der Waals surface area contributed by atoms with Crippen molar-refractivity contribution in [3.05, 3.63) is 63.8 Å². The minimum absolute atomic E-state index is 0.00590. The molecule has 0 unspecified atom stereocenters. The SMILES string of the molecule is COc1ccc2c(c1)C(=O)/C(=C/c1cc3cc(OC)c(OC)cc3nc1Cl)CC2. The third-order valence-electron chi connectivity index (χ3n) is 5.15. The minimum Gasteiger partial charge on any atom is -0.497 e. The van der Waals surface area contributed by atoms with Crippen LogP contribution in [0.4, 0.5) is 0 Å². The molecule has 1 aliphatic carbocycles. The Balaban J connectivity index is 1.77. The Bertz CT molecular complexity index is 1150. The lowest BCUT2D eigenvalue weighted by Gasteiger charge is -2.18. The van der Waals surface area contributed by atoms with E-state index in [0.717, 1.165) is 17.4 Å². The molecule has 0 atom stereocenters. The zero-order chi connectivity index (χ0) is 20.5. The average Bonchev–Trinajstić information content (AvgIpc) is 2.75. The lowest BCUT2D eigenvalue weighted by Crippen LogP contribution is -2.14. The summed E-state index contributed by atoms with van der Waals surface area (Å²) >= 11 is 6.43. The summed E-state index contributed by atoms with van der Waals surface area (Å²) in [6, 6.07) is 11.2. The second-order valence-corrected chi connectivity index (χ2v) is 7.15. The first-order valence-electron chi connectivity index (χ1n) is 9.18. The summed E-state index contributed by atoms with van der Waals surface area (Å²) in [6.07, 6.45) is 3.27. The van der Waals surface area contributed by atoms with Crippen LogP contribution >= 0.6 is 11.6 Å². The number of carbonyl (C=O) groups is 1. The Hall–Kier alpha value is -3.05. The summed E-state index contributed by atoms with van der Waals surface area (Å²) in [5.41, 5.74) is 3.81. The molecule has 3 aromatic rings. The quantitative estimate of drug-likeness (QED) is 0.442. The van der Waals surface area contributed by atoms with Crippen LogP contribution in [-0.4, -0.2) is 32.1 Å². The zero-order valence-electron chi connectivity index (χ0n) is 16.4. The number of benzene rings is 2. The standard InChI is InChI=1S/C23H20ClNO4/c1-27-17-7-6-13-4-5-14(22(26)18(13)11-17)8-16-9-15-10-20(28-2)21(29-3)12-19(15)25-23(16)24/h6-12H,4-5H2,1-3H3/b14-8+. The van der Waals surface area contributed by atoms with Gasteiger partial charge in [-0.3, -0.25) is 4.79 Å². The van der Waals surface area contributed by atoms with Crippen LogP contribution in [0.5, 0.6) is 17.2 Å². The number of aryl methyl sites for hydroxylation is 1. The van der Waals surface area contributed by atoms with Crippen molar-refractivity contribution in [1.82, 2.24) is 4.98 Å². The zero-order valence-corrected chi connectivity index (χ0v) is 17.2. The largest absolute Gasteiger partial charge is 0.497 e. The van der Waals surface area contributed by atoms with E-state index in [0.29, 0.717) is 51.0 Å². The number of methoxy groups -OCH3 is 3. The molecule has 4 rings (SSSR count). The minimum atomic E-state index is -0.00590. The van der Waals surface area contributed by atoms with E-state index < -0.39 is 0 Å². The van der Waals surface area contributed by atoms with E-state index in [1.54, 1.807) is 33.5 Å². The molecular formula is C23H20ClNO4. The van der Waals surface area contributed by atoms with Gasteiger partial charge in [0, 0.05) is 28.2 Å². The van der Waals surface area contributed by atoms with E-state index >= 15 is 0 Å². The fraction of sp³-hybridized carbons (Fsp3) is 0.217. The van der Waals surface area contributed by atoms with E-state index in [1.165, 1.54) is 0 Å². The van der Waals surface area contributed by atoms with Gasteiger partial charge >= 0.3 is 0 Å². The molecule has 29 heavy (non-hydrogen) atoms. The molecule has 0 saturated carbocycles. The van der Waals surface area contributed by atoms with Gasteiger partial charge < -0.3 is 14.2 Å². The average molecular weight is 410 g/mol. The highest BCUT2D eigenvalue weighted by molar-refractivity contribution is 6.31. The van der Waals surface area contributed by atoms with E-state index in [2.05, 4.69) is 4.98 Å². The molecule has 0 saturated heterocycles. The van der Waals surface area contributed by atoms with Gasteiger partial charge in [-0.05, 0) is 48.7 Å². The molecule has 0 spiro atoms. The third kappa shape index (κ3) is 3.54. The summed E-state index contributed by atoms with van der Waals surface area (Å²) in [7, 11) is 4.75. The second kappa shape index (κ2) is 7.76. The van der Waals surface area contributed by atoms with Crippen LogP contribution in [-0.2, 0) is 6.42 Å². The maximum atomic E-state index is 13.0. The highest BCUT2D eigenvalue weighted by Gasteiger charge is 2.23. The fourth-order valence-corrected chi connectivity index (χ4v) is 3.79. The molecule has 0 N–H and O–H groups in total. The monoisotopic (exact) mass is 409 g/mol. The third-order valence-corrected chi connectivity index (χ3v) is 5.45. The second-order valence-electron chi connectivity index (χ2n) is 6.79. The maximum Gasteiger partial charge on any atom is 0.189 e. The number of hydrogen-bond donors (Lipinski definition) is 0. The molecule has 1 heterocycles. The van der Waals surface area contributed by atoms with E-state index in [-0.39, 0.29) is 5.78 Å². The Kier molecular flexibility index (Phi) is 5.16. The molecule has 1 aliphatic rings. The predicted octanol–water partition coefficient (Wildman–Crippen LogP) is 5.13. The van der Waals surface area contributed by atoms with Crippen molar-refractivity contribution < 1.29 is 19.0 Å². The van der Waals surface area contributed by atoms with Gasteiger partial charge in [0.05, 0.1) is 26.8 Å². The van der Waals surface area contributed by atoms with Gasteiger partial charge in [-0.15, -0.1) is 0 Å². The number of nitrogens with zero attached hydrogens (tertiary/aromatic N) is 1. The smallest absolute Gasteiger partial charge is 0.189 e. The van der Waals surface area contributed by atoms with Crippen molar-refractivity contribution >= 4 is 34.4 Å². The first-order chi connectivity index (χ1) is 14.0. The van der Waals surface area contributed by atoms with Crippen LogP contribution in [0.2, 0.25) is 5.15 Å². The topological polar surface area (TPSA) is 57.7 Å². The summed E-state index contributed by atoms with van der Waals surface area (Å²) < 4.78 is 16.0. The van der Waals surface area contributed by atoms with Crippen molar-refractivity contribution in [3.63, 3.8) is 0 Å². The molecular weight excluding hydrogens is 390 g/mol. The van der Waals surface area contributed by atoms with Crippen molar-refractivity contribution in [1.29, 1.82) is 0 Å². The molecule has 0 radical (unpaired) electrons. The molecule has 2 aromatic carbocycles. The molecule has 148 valence electrons. The number of pyridine rings is 1. The number of aromatic nitrogens is 1. The number of Topliss-reactive ketones (excluding diaryl/α,β-unsaturated/α-hetero) is 1. The summed E-state index contributed by atoms with van der Waals surface area (Å²) in [5, 5.41) is 1.19. The van der Waals surface area contributed by atoms with Gasteiger partial charge in [0.2, 0.25) is 0 Å². The number of fused-ring (bicyclic) bond motifs is 2. The van der Waals surface area contributed by atoms with E-state index in [9.17, 15) is 4.79 Å². The van der Waals surface area contributed by atoms with Crippen LogP contribution in [0.1, 0.15) is 27.9 Å². The lowest BCUT2D eigenvalue weighted by molar-refractivity contribution is 0.102. The fourth-order valence-electron chi connectivity index (χ4n) is 3.59. The van der Waals surface area contributed by atoms with Crippen LogP contribution in [0.25, 0.3) is 17.0 Å². The number of halogens is 1. The van der Waals surface area contributed by atoms with Crippen molar-refractivity contribution in [2.75, 3.05) is 21.3 Å². The van der Waals surface area contributed by atoms with Crippen molar-refractivity contribution in [2.24, 2.45) is 0 Å². The summed E-state index contributed by atoms with van der Waals surface area (Å²) in [5.74, 6) is 1.86. The van der Waals surface area contributed by atoms with Crippen molar-refractivity contribution in [2.45, 2.75) is 12.8 Å². The summed E-state index contributed by atoms with van der Waals surface area (Å²) in [4.78, 5) is 17.5. The number of ether oxygens (including phenoxy) is 3. The Morgan fingerprint density at radius 2 is 1.72 bits per heavy atom. The van der Waals surface area contributed by atoms with Crippen LogP contribution in [0, 0.1) is 0 Å². The number of hydrogen-bond acceptors (Lipinski definition) is 5. The molecule has 6 heteroatoms. The van der Waals surface area contributed by atoms with Crippen molar-refractivity contribution in [3.8, 4) is 17.2 Å². The number of rotatable bonds is 4. The number of allylic oxidation sites excluding steroid dienone is 1. The van der Waals surface area contributed by atoms with Gasteiger partial charge in [0.1, 0.15) is 10.9 Å². The Morgan fingerprint density at radius 3 is 2.45 bits per heavy atom. The maximum absolute atomic E-state index is 13.0. The Labute approximate surface area is 173 Å². The van der Waals surface area contributed by atoms with Gasteiger partial charge in [0.15, 0.2) is 17.3 Å².